The summed E-state index contributed by atoms with van der Waals surface area (Å²) < 4.78 is 0. The van der Waals surface area contributed by atoms with Crippen LogP contribution in [0.2, 0.25) is 0 Å². The minimum atomic E-state index is -1.03. The van der Waals surface area contributed by atoms with E-state index in [9.17, 15) is 19.2 Å². The van der Waals surface area contributed by atoms with Gasteiger partial charge in [0.25, 0.3) is 0 Å². The summed E-state index contributed by atoms with van der Waals surface area (Å²) in [4.78, 5) is 47.2. The Hall–Kier alpha value is -4.58. The molecule has 6 heteroatoms. The number of hydrogen-bond donors (Lipinski definition) is 2. The van der Waals surface area contributed by atoms with Crippen LogP contribution in [0.3, 0.4) is 0 Å². The first-order valence-electron chi connectivity index (χ1n) is 9.56. The summed E-state index contributed by atoms with van der Waals surface area (Å²) >= 11 is 0. The molecule has 0 saturated carbocycles. The summed E-state index contributed by atoms with van der Waals surface area (Å²) in [5, 5.41) is 17.9. The van der Waals surface area contributed by atoms with E-state index in [0.29, 0.717) is 11.1 Å². The Morgan fingerprint density at radius 2 is 0.875 bits per heavy atom. The first-order valence-corrected chi connectivity index (χ1v) is 9.56. The van der Waals surface area contributed by atoms with E-state index in [1.54, 1.807) is 60.7 Å². The average molecular weight is 426 g/mol. The minimum absolute atomic E-state index is 0.147. The van der Waals surface area contributed by atoms with Crippen LogP contribution in [0.4, 0.5) is 0 Å². The Kier molecular flexibility index (Phi) is 6.88. The van der Waals surface area contributed by atoms with Gasteiger partial charge in [-0.15, -0.1) is 0 Å². The maximum Gasteiger partial charge on any atom is 0.335 e. The SMILES string of the molecule is O=C(O)c1ccc(C=CC(=O)c2ccccc2C(=O)C=Cc2ccc(C(=O)O)cc2)cc1. The Bertz CT molecular complexity index is 1130. The van der Waals surface area contributed by atoms with Crippen molar-refractivity contribution < 1.29 is 29.4 Å². The fraction of sp³-hybridized carbons (Fsp3) is 0. The molecule has 32 heavy (non-hydrogen) atoms. The van der Waals surface area contributed by atoms with Crippen molar-refractivity contribution in [2.75, 3.05) is 0 Å². The molecule has 158 valence electrons. The summed E-state index contributed by atoms with van der Waals surface area (Å²) in [5.74, 6) is -2.80. The molecule has 0 amide bonds. The van der Waals surface area contributed by atoms with Crippen LogP contribution in [-0.2, 0) is 0 Å². The van der Waals surface area contributed by atoms with E-state index >= 15 is 0 Å². The maximum atomic E-state index is 12.7. The molecule has 0 aliphatic heterocycles. The highest BCUT2D eigenvalue weighted by atomic mass is 16.4. The first-order chi connectivity index (χ1) is 15.3. The molecule has 0 aliphatic rings. The Morgan fingerprint density at radius 1 is 0.531 bits per heavy atom. The van der Waals surface area contributed by atoms with Gasteiger partial charge in [0, 0.05) is 11.1 Å². The molecule has 6 nitrogen and oxygen atoms in total. The second-order valence-corrected chi connectivity index (χ2v) is 6.80. The van der Waals surface area contributed by atoms with E-state index < -0.39 is 11.9 Å². The Balaban J connectivity index is 1.76. The predicted molar refractivity (Wildman–Crippen MR) is 120 cm³/mol. The van der Waals surface area contributed by atoms with Gasteiger partial charge in [-0.2, -0.15) is 0 Å². The van der Waals surface area contributed by atoms with Gasteiger partial charge in [0.05, 0.1) is 11.1 Å². The lowest BCUT2D eigenvalue weighted by atomic mass is 9.98. The monoisotopic (exact) mass is 426 g/mol. The first kappa shape index (κ1) is 22.1. The second kappa shape index (κ2) is 9.95. The molecule has 0 bridgehead atoms. The molecule has 0 heterocycles. The number of carboxylic acid groups (broad SMARTS) is 2. The number of rotatable bonds is 8. The number of carboxylic acids is 2. The fourth-order valence-electron chi connectivity index (χ4n) is 2.91. The van der Waals surface area contributed by atoms with Crippen LogP contribution in [0, 0.1) is 0 Å². The second-order valence-electron chi connectivity index (χ2n) is 6.80. The number of aromatic carboxylic acids is 2. The standard InChI is InChI=1S/C26H18O6/c27-23(15-9-17-5-11-19(12-6-17)25(29)30)21-3-1-2-4-22(21)24(28)16-10-18-7-13-20(14-8-18)26(31)32/h1-16H,(H,29,30)(H,31,32). The van der Waals surface area contributed by atoms with Gasteiger partial charge >= 0.3 is 11.9 Å². The number of carbonyl (C=O) groups excluding carboxylic acids is 2. The zero-order chi connectivity index (χ0) is 23.1. The van der Waals surface area contributed by atoms with Gasteiger partial charge in [-0.25, -0.2) is 9.59 Å². The third-order valence-corrected chi connectivity index (χ3v) is 4.63. The molecule has 3 aromatic carbocycles. The van der Waals surface area contributed by atoms with Crippen molar-refractivity contribution in [2.45, 2.75) is 0 Å². The molecule has 3 aromatic rings. The van der Waals surface area contributed by atoms with Crippen molar-refractivity contribution in [3.8, 4) is 0 Å². The summed E-state index contributed by atoms with van der Waals surface area (Å²) in [6.07, 6.45) is 5.76. The fourth-order valence-corrected chi connectivity index (χ4v) is 2.91. The van der Waals surface area contributed by atoms with E-state index in [4.69, 9.17) is 10.2 Å². The van der Waals surface area contributed by atoms with Crippen molar-refractivity contribution in [1.82, 2.24) is 0 Å². The lowest BCUT2D eigenvalue weighted by molar-refractivity contribution is 0.0686. The van der Waals surface area contributed by atoms with Gasteiger partial charge in [-0.1, -0.05) is 60.7 Å². The highest BCUT2D eigenvalue weighted by Gasteiger charge is 2.13. The zero-order valence-electron chi connectivity index (χ0n) is 16.8. The van der Waals surface area contributed by atoms with Gasteiger partial charge in [0.15, 0.2) is 11.6 Å². The average Bonchev–Trinajstić information content (AvgIpc) is 2.81. The van der Waals surface area contributed by atoms with Crippen LogP contribution in [0.25, 0.3) is 12.2 Å². The van der Waals surface area contributed by atoms with E-state index in [-0.39, 0.29) is 33.8 Å². The predicted octanol–water partition coefficient (Wildman–Crippen LogP) is 4.88. The number of ketones is 2. The molecule has 0 aliphatic carbocycles. The van der Waals surface area contributed by atoms with Crippen LogP contribution < -0.4 is 0 Å². The van der Waals surface area contributed by atoms with Gasteiger partial charge in [0.1, 0.15) is 0 Å². The Morgan fingerprint density at radius 3 is 1.19 bits per heavy atom. The van der Waals surface area contributed by atoms with Gasteiger partial charge in [0.2, 0.25) is 0 Å². The van der Waals surface area contributed by atoms with Gasteiger partial charge < -0.3 is 10.2 Å². The highest BCUT2D eigenvalue weighted by molar-refractivity contribution is 6.17. The molecule has 0 fully saturated rings. The normalized spacial score (nSPS) is 11.0. The van der Waals surface area contributed by atoms with Gasteiger partial charge in [-0.3, -0.25) is 9.59 Å². The van der Waals surface area contributed by atoms with Crippen molar-refractivity contribution in [3.05, 3.63) is 118 Å². The topological polar surface area (TPSA) is 109 Å². The molecule has 0 aromatic heterocycles. The van der Waals surface area contributed by atoms with Crippen LogP contribution in [-0.4, -0.2) is 33.7 Å². The third-order valence-electron chi connectivity index (χ3n) is 4.63. The molecular formula is C26H18O6. The molecular weight excluding hydrogens is 408 g/mol. The van der Waals surface area contributed by atoms with E-state index in [2.05, 4.69) is 0 Å². The van der Waals surface area contributed by atoms with Crippen LogP contribution in [0.15, 0.2) is 84.9 Å². The van der Waals surface area contributed by atoms with Crippen LogP contribution >= 0.6 is 0 Å². The van der Waals surface area contributed by atoms with Crippen molar-refractivity contribution in [1.29, 1.82) is 0 Å². The highest BCUT2D eigenvalue weighted by Crippen LogP contribution is 2.15. The molecule has 0 saturated heterocycles. The molecule has 2 N–H and O–H groups in total. The summed E-state index contributed by atoms with van der Waals surface area (Å²) in [6, 6.07) is 18.6. The van der Waals surface area contributed by atoms with Crippen molar-refractivity contribution in [2.24, 2.45) is 0 Å². The molecule has 0 spiro atoms. The molecule has 0 unspecified atom stereocenters. The number of allylic oxidation sites excluding steroid dienone is 2. The molecule has 3 rings (SSSR count). The number of benzene rings is 3. The lowest BCUT2D eigenvalue weighted by Gasteiger charge is -2.04. The number of hydrogen-bond acceptors (Lipinski definition) is 4. The summed E-state index contributed by atoms with van der Waals surface area (Å²) in [5.41, 5.74) is 2.07. The third kappa shape index (κ3) is 5.52. The van der Waals surface area contributed by atoms with E-state index in [1.165, 1.54) is 36.4 Å². The molecule has 0 atom stereocenters. The quantitative estimate of drug-likeness (QED) is 0.393. The summed E-state index contributed by atoms with van der Waals surface area (Å²) in [7, 11) is 0. The maximum absolute atomic E-state index is 12.7. The lowest BCUT2D eigenvalue weighted by Crippen LogP contribution is -2.05. The van der Waals surface area contributed by atoms with Crippen molar-refractivity contribution >= 4 is 35.7 Å². The van der Waals surface area contributed by atoms with Crippen LogP contribution in [0.1, 0.15) is 52.6 Å². The zero-order valence-corrected chi connectivity index (χ0v) is 16.8. The van der Waals surface area contributed by atoms with Crippen molar-refractivity contribution in [3.63, 3.8) is 0 Å². The Labute approximate surface area is 183 Å². The van der Waals surface area contributed by atoms with Crippen LogP contribution in [0.5, 0.6) is 0 Å². The smallest absolute Gasteiger partial charge is 0.335 e. The summed E-state index contributed by atoms with van der Waals surface area (Å²) in [6.45, 7) is 0. The largest absolute Gasteiger partial charge is 0.478 e. The van der Waals surface area contributed by atoms with E-state index in [1.807, 2.05) is 0 Å². The molecule has 0 radical (unpaired) electrons. The van der Waals surface area contributed by atoms with E-state index in [0.717, 1.165) is 0 Å². The van der Waals surface area contributed by atoms with Gasteiger partial charge in [-0.05, 0) is 47.5 Å². The minimum Gasteiger partial charge on any atom is -0.478 e. The number of carbonyl (C=O) groups is 4.